The van der Waals surface area contributed by atoms with Crippen LogP contribution in [0.4, 0.5) is 5.00 Å². The second kappa shape index (κ2) is 7.42. The summed E-state index contributed by atoms with van der Waals surface area (Å²) in [7, 11) is 0. The molecule has 146 valence electrons. The molecule has 0 unspecified atom stereocenters. The zero-order valence-electron chi connectivity index (χ0n) is 15.1. The number of ether oxygens (including phenoxy) is 2. The van der Waals surface area contributed by atoms with Crippen LogP contribution in [0, 0.1) is 11.3 Å². The van der Waals surface area contributed by atoms with Crippen LogP contribution in [0.25, 0.3) is 11.5 Å². The summed E-state index contributed by atoms with van der Waals surface area (Å²) < 4.78 is 16.3. The van der Waals surface area contributed by atoms with Crippen LogP contribution < -0.4 is 14.8 Å². The molecular formula is C19H14N4O4S2. The van der Waals surface area contributed by atoms with Crippen molar-refractivity contribution in [2.45, 2.75) is 24.5 Å². The van der Waals surface area contributed by atoms with Crippen LogP contribution in [0.3, 0.4) is 0 Å². The molecular weight excluding hydrogens is 412 g/mol. The maximum absolute atomic E-state index is 12.3. The van der Waals surface area contributed by atoms with E-state index in [1.807, 2.05) is 6.07 Å². The highest BCUT2D eigenvalue weighted by Gasteiger charge is 2.23. The predicted molar refractivity (Wildman–Crippen MR) is 106 cm³/mol. The molecule has 0 bridgehead atoms. The average molecular weight is 426 g/mol. The zero-order chi connectivity index (χ0) is 19.8. The summed E-state index contributed by atoms with van der Waals surface area (Å²) in [5.74, 6) is 1.54. The van der Waals surface area contributed by atoms with E-state index >= 15 is 0 Å². The minimum absolute atomic E-state index is 0.107. The number of aryl methyl sites for hydroxylation is 1. The van der Waals surface area contributed by atoms with Gasteiger partial charge in [0.1, 0.15) is 11.1 Å². The van der Waals surface area contributed by atoms with Crippen molar-refractivity contribution < 1.29 is 18.7 Å². The number of nitriles is 1. The molecule has 1 amide bonds. The van der Waals surface area contributed by atoms with Crippen molar-refractivity contribution in [1.82, 2.24) is 10.2 Å². The minimum atomic E-state index is -0.214. The number of fused-ring (bicyclic) bond motifs is 2. The van der Waals surface area contributed by atoms with Gasteiger partial charge in [0.2, 0.25) is 18.6 Å². The predicted octanol–water partition coefficient (Wildman–Crippen LogP) is 3.62. The van der Waals surface area contributed by atoms with Gasteiger partial charge in [0.25, 0.3) is 5.22 Å². The molecule has 0 spiro atoms. The molecule has 8 nitrogen and oxygen atoms in total. The van der Waals surface area contributed by atoms with Crippen molar-refractivity contribution in [1.29, 1.82) is 5.26 Å². The molecule has 1 aliphatic carbocycles. The Bertz CT molecular complexity index is 1150. The Morgan fingerprint density at radius 3 is 3.07 bits per heavy atom. The van der Waals surface area contributed by atoms with Gasteiger partial charge < -0.3 is 19.2 Å². The Labute approximate surface area is 173 Å². The fourth-order valence-electron chi connectivity index (χ4n) is 3.31. The van der Waals surface area contributed by atoms with Crippen molar-refractivity contribution in [2.24, 2.45) is 0 Å². The SMILES string of the molecule is N#Cc1c(NC(=O)CSc2nnc(-c3ccc4c(c3)OCO4)o2)sc2c1CCC2. The molecule has 29 heavy (non-hydrogen) atoms. The number of anilines is 1. The van der Waals surface area contributed by atoms with Crippen molar-refractivity contribution in [3.63, 3.8) is 0 Å². The van der Waals surface area contributed by atoms with E-state index in [0.717, 1.165) is 36.6 Å². The lowest BCUT2D eigenvalue weighted by Gasteiger charge is -2.02. The number of amides is 1. The average Bonchev–Trinajstić information content (AvgIpc) is 3.49. The summed E-state index contributed by atoms with van der Waals surface area (Å²) in [6.07, 6.45) is 2.96. The third-order valence-corrected chi connectivity index (χ3v) is 6.66. The van der Waals surface area contributed by atoms with E-state index in [0.29, 0.717) is 38.7 Å². The lowest BCUT2D eigenvalue weighted by Crippen LogP contribution is -2.14. The number of carbonyl (C=O) groups excluding carboxylic acids is 1. The Morgan fingerprint density at radius 2 is 2.17 bits per heavy atom. The normalized spacial score (nSPS) is 13.9. The quantitative estimate of drug-likeness (QED) is 0.616. The number of carbonyl (C=O) groups is 1. The first kappa shape index (κ1) is 18.0. The number of hydrogen-bond donors (Lipinski definition) is 1. The molecule has 0 saturated carbocycles. The van der Waals surface area contributed by atoms with Gasteiger partial charge in [-0.2, -0.15) is 5.26 Å². The summed E-state index contributed by atoms with van der Waals surface area (Å²) in [6, 6.07) is 7.59. The Hall–Kier alpha value is -3.03. The molecule has 0 saturated heterocycles. The van der Waals surface area contributed by atoms with Gasteiger partial charge in [-0.15, -0.1) is 21.5 Å². The van der Waals surface area contributed by atoms with Crippen molar-refractivity contribution in [3.8, 4) is 29.0 Å². The highest BCUT2D eigenvalue weighted by molar-refractivity contribution is 7.99. The second-order valence-electron chi connectivity index (χ2n) is 6.45. The minimum Gasteiger partial charge on any atom is -0.454 e. The number of aromatic nitrogens is 2. The molecule has 3 heterocycles. The molecule has 0 fully saturated rings. The van der Waals surface area contributed by atoms with Gasteiger partial charge in [-0.3, -0.25) is 4.79 Å². The first-order valence-corrected chi connectivity index (χ1v) is 10.7. The second-order valence-corrected chi connectivity index (χ2v) is 8.48. The number of nitrogens with one attached hydrogen (secondary N) is 1. The van der Waals surface area contributed by atoms with Gasteiger partial charge in [-0.05, 0) is 43.0 Å². The number of thioether (sulfide) groups is 1. The molecule has 2 aromatic heterocycles. The molecule has 3 aromatic rings. The highest BCUT2D eigenvalue weighted by atomic mass is 32.2. The Morgan fingerprint density at radius 1 is 1.28 bits per heavy atom. The van der Waals surface area contributed by atoms with Gasteiger partial charge in [0.15, 0.2) is 11.5 Å². The topological polar surface area (TPSA) is 110 Å². The van der Waals surface area contributed by atoms with E-state index < -0.39 is 0 Å². The third kappa shape index (κ3) is 3.43. The summed E-state index contributed by atoms with van der Waals surface area (Å²) in [6.45, 7) is 0.194. The van der Waals surface area contributed by atoms with E-state index in [9.17, 15) is 10.1 Å². The van der Waals surface area contributed by atoms with Gasteiger partial charge in [0, 0.05) is 10.4 Å². The van der Waals surface area contributed by atoms with Crippen LogP contribution in [0.2, 0.25) is 0 Å². The van der Waals surface area contributed by atoms with Gasteiger partial charge >= 0.3 is 0 Å². The number of rotatable bonds is 5. The summed E-state index contributed by atoms with van der Waals surface area (Å²) in [5.41, 5.74) is 2.40. The molecule has 0 radical (unpaired) electrons. The highest BCUT2D eigenvalue weighted by Crippen LogP contribution is 2.39. The van der Waals surface area contributed by atoms with Crippen LogP contribution in [0.5, 0.6) is 11.5 Å². The standard InChI is InChI=1S/C19H14N4O4S2/c20-7-12-11-2-1-3-15(11)29-18(12)21-16(24)8-28-19-23-22-17(27-19)10-4-5-13-14(6-10)26-9-25-13/h4-6H,1-3,8-9H2,(H,21,24). The summed E-state index contributed by atoms with van der Waals surface area (Å²) in [5, 5.41) is 21.2. The van der Waals surface area contributed by atoms with Crippen molar-refractivity contribution in [2.75, 3.05) is 17.9 Å². The number of benzene rings is 1. The van der Waals surface area contributed by atoms with Crippen LogP contribution in [0.1, 0.15) is 22.4 Å². The summed E-state index contributed by atoms with van der Waals surface area (Å²) >= 11 is 2.64. The smallest absolute Gasteiger partial charge is 0.277 e. The number of thiophene rings is 1. The van der Waals surface area contributed by atoms with Crippen LogP contribution in [0.15, 0.2) is 27.8 Å². The third-order valence-electron chi connectivity index (χ3n) is 4.64. The monoisotopic (exact) mass is 426 g/mol. The molecule has 0 atom stereocenters. The van der Waals surface area contributed by atoms with Crippen LogP contribution >= 0.6 is 23.1 Å². The molecule has 2 aliphatic rings. The van der Waals surface area contributed by atoms with Crippen LogP contribution in [-0.2, 0) is 17.6 Å². The molecule has 10 heteroatoms. The van der Waals surface area contributed by atoms with Gasteiger partial charge in [-0.25, -0.2) is 0 Å². The maximum atomic E-state index is 12.3. The largest absolute Gasteiger partial charge is 0.454 e. The number of nitrogens with zero attached hydrogens (tertiary/aromatic N) is 3. The van der Waals surface area contributed by atoms with Gasteiger partial charge in [0.05, 0.1) is 11.3 Å². The number of hydrogen-bond acceptors (Lipinski definition) is 9. The van der Waals surface area contributed by atoms with Crippen LogP contribution in [-0.4, -0.2) is 28.7 Å². The van der Waals surface area contributed by atoms with E-state index in [2.05, 4.69) is 21.6 Å². The Balaban J connectivity index is 1.22. The molecule has 1 aliphatic heterocycles. The fourth-order valence-corrected chi connectivity index (χ4v) is 5.13. The van der Waals surface area contributed by atoms with Crippen molar-refractivity contribution >= 4 is 34.0 Å². The van der Waals surface area contributed by atoms with E-state index in [-0.39, 0.29) is 18.5 Å². The lowest BCUT2D eigenvalue weighted by atomic mass is 10.1. The van der Waals surface area contributed by atoms with E-state index in [1.165, 1.54) is 16.2 Å². The molecule has 5 rings (SSSR count). The van der Waals surface area contributed by atoms with Gasteiger partial charge in [-0.1, -0.05) is 11.8 Å². The fraction of sp³-hybridized carbons (Fsp3) is 0.263. The first-order chi connectivity index (χ1) is 14.2. The maximum Gasteiger partial charge on any atom is 0.277 e. The Kier molecular flexibility index (Phi) is 4.61. The van der Waals surface area contributed by atoms with Crippen molar-refractivity contribution in [3.05, 3.63) is 34.2 Å². The van der Waals surface area contributed by atoms with E-state index in [4.69, 9.17) is 13.9 Å². The van der Waals surface area contributed by atoms with E-state index in [1.54, 1.807) is 12.1 Å². The lowest BCUT2D eigenvalue weighted by molar-refractivity contribution is -0.113. The molecule has 1 aromatic carbocycles. The molecule has 1 N–H and O–H groups in total. The first-order valence-electron chi connectivity index (χ1n) is 8.92. The summed E-state index contributed by atoms with van der Waals surface area (Å²) in [4.78, 5) is 13.5. The zero-order valence-corrected chi connectivity index (χ0v) is 16.7.